The molecular formula is C9H11BrFNO. The second kappa shape index (κ2) is 4.17. The first kappa shape index (κ1) is 10.6. The van der Waals surface area contributed by atoms with Gasteiger partial charge in [0.05, 0.1) is 4.47 Å². The number of nitrogens with one attached hydrogen (secondary N) is 1. The number of aryl methyl sites for hydroxylation is 1. The van der Waals surface area contributed by atoms with Crippen LogP contribution in [-0.4, -0.2) is 5.21 Å². The number of hydroxylamine groups is 1. The zero-order chi connectivity index (χ0) is 10.0. The summed E-state index contributed by atoms with van der Waals surface area (Å²) < 4.78 is 13.9. The lowest BCUT2D eigenvalue weighted by atomic mass is 10.0. The van der Waals surface area contributed by atoms with Crippen LogP contribution in [0.25, 0.3) is 0 Å². The van der Waals surface area contributed by atoms with Gasteiger partial charge < -0.3 is 5.21 Å². The molecule has 0 heterocycles. The van der Waals surface area contributed by atoms with Gasteiger partial charge in [-0.25, -0.2) is 9.87 Å². The molecule has 0 atom stereocenters. The maximum absolute atomic E-state index is 13.4. The van der Waals surface area contributed by atoms with Gasteiger partial charge in [-0.1, -0.05) is 0 Å². The van der Waals surface area contributed by atoms with Crippen molar-refractivity contribution in [2.75, 3.05) is 0 Å². The van der Waals surface area contributed by atoms with Crippen LogP contribution in [-0.2, 0) is 6.54 Å². The van der Waals surface area contributed by atoms with E-state index in [1.165, 1.54) is 0 Å². The van der Waals surface area contributed by atoms with Gasteiger partial charge in [0.25, 0.3) is 0 Å². The van der Waals surface area contributed by atoms with Crippen LogP contribution in [0.5, 0.6) is 0 Å². The first-order chi connectivity index (χ1) is 6.07. The van der Waals surface area contributed by atoms with Crippen molar-refractivity contribution in [1.29, 1.82) is 0 Å². The summed E-state index contributed by atoms with van der Waals surface area (Å²) in [5.41, 5.74) is 4.32. The van der Waals surface area contributed by atoms with E-state index in [0.29, 0.717) is 10.0 Å². The standard InChI is InChI=1S/C9H11BrFNO/c1-5-3-8(10)9(11)7(4-12-13)6(5)2/h3,12-13H,4H2,1-2H3. The monoisotopic (exact) mass is 247 g/mol. The fourth-order valence-electron chi connectivity index (χ4n) is 1.20. The van der Waals surface area contributed by atoms with E-state index in [4.69, 9.17) is 5.21 Å². The van der Waals surface area contributed by atoms with Gasteiger partial charge in [0.1, 0.15) is 5.82 Å². The Kier molecular flexibility index (Phi) is 3.41. The van der Waals surface area contributed by atoms with Crippen molar-refractivity contribution in [2.45, 2.75) is 20.4 Å². The summed E-state index contributed by atoms with van der Waals surface area (Å²) >= 11 is 3.12. The highest BCUT2D eigenvalue weighted by atomic mass is 79.9. The molecule has 13 heavy (non-hydrogen) atoms. The molecule has 0 aliphatic carbocycles. The van der Waals surface area contributed by atoms with Crippen molar-refractivity contribution in [3.05, 3.63) is 33.0 Å². The van der Waals surface area contributed by atoms with Gasteiger partial charge in [0.15, 0.2) is 0 Å². The highest BCUT2D eigenvalue weighted by Crippen LogP contribution is 2.24. The average molecular weight is 248 g/mol. The highest BCUT2D eigenvalue weighted by Gasteiger charge is 2.11. The van der Waals surface area contributed by atoms with Crippen LogP contribution in [0.4, 0.5) is 4.39 Å². The molecule has 0 saturated carbocycles. The van der Waals surface area contributed by atoms with E-state index in [9.17, 15) is 4.39 Å². The third-order valence-corrected chi connectivity index (χ3v) is 2.69. The van der Waals surface area contributed by atoms with E-state index < -0.39 is 0 Å². The normalized spacial score (nSPS) is 10.5. The molecule has 72 valence electrons. The molecule has 0 saturated heterocycles. The molecule has 0 bridgehead atoms. The largest absolute Gasteiger partial charge is 0.316 e. The van der Waals surface area contributed by atoms with Crippen molar-refractivity contribution in [1.82, 2.24) is 5.48 Å². The molecular weight excluding hydrogens is 237 g/mol. The van der Waals surface area contributed by atoms with Crippen LogP contribution in [0.15, 0.2) is 10.5 Å². The molecule has 2 N–H and O–H groups in total. The molecule has 1 aromatic carbocycles. The molecule has 0 aromatic heterocycles. The summed E-state index contributed by atoms with van der Waals surface area (Å²) in [5.74, 6) is -0.315. The Balaban J connectivity index is 3.28. The van der Waals surface area contributed by atoms with E-state index in [1.807, 2.05) is 19.3 Å². The second-order valence-corrected chi connectivity index (χ2v) is 3.78. The lowest BCUT2D eigenvalue weighted by Gasteiger charge is -2.10. The van der Waals surface area contributed by atoms with Crippen LogP contribution in [0.2, 0.25) is 0 Å². The molecule has 1 aromatic rings. The van der Waals surface area contributed by atoms with Gasteiger partial charge in [-0.2, -0.15) is 0 Å². The van der Waals surface area contributed by atoms with Gasteiger partial charge >= 0.3 is 0 Å². The van der Waals surface area contributed by atoms with Gasteiger partial charge in [-0.15, -0.1) is 0 Å². The first-order valence-electron chi connectivity index (χ1n) is 3.89. The minimum Gasteiger partial charge on any atom is -0.316 e. The number of rotatable bonds is 2. The Morgan fingerprint density at radius 1 is 1.54 bits per heavy atom. The third-order valence-electron chi connectivity index (χ3n) is 2.12. The minimum absolute atomic E-state index is 0.123. The summed E-state index contributed by atoms with van der Waals surface area (Å²) in [4.78, 5) is 0. The van der Waals surface area contributed by atoms with Gasteiger partial charge in [-0.3, -0.25) is 0 Å². The van der Waals surface area contributed by atoms with Crippen molar-refractivity contribution in [3.8, 4) is 0 Å². The third kappa shape index (κ3) is 2.07. The van der Waals surface area contributed by atoms with E-state index in [2.05, 4.69) is 15.9 Å². The summed E-state index contributed by atoms with van der Waals surface area (Å²) in [7, 11) is 0. The second-order valence-electron chi connectivity index (χ2n) is 2.93. The maximum atomic E-state index is 13.4. The number of halogens is 2. The van der Waals surface area contributed by atoms with Crippen molar-refractivity contribution < 1.29 is 9.60 Å². The van der Waals surface area contributed by atoms with Crippen LogP contribution in [0.3, 0.4) is 0 Å². The predicted molar refractivity (Wildman–Crippen MR) is 52.2 cm³/mol. The molecule has 1 rings (SSSR count). The predicted octanol–water partition coefficient (Wildman–Crippen LogP) is 2.68. The van der Waals surface area contributed by atoms with Gasteiger partial charge in [0.2, 0.25) is 0 Å². The number of benzene rings is 1. The summed E-state index contributed by atoms with van der Waals surface area (Å²) in [6, 6.07) is 1.73. The molecule has 0 aliphatic rings. The maximum Gasteiger partial charge on any atom is 0.142 e. The molecule has 0 spiro atoms. The Hall–Kier alpha value is -0.450. The van der Waals surface area contributed by atoms with Crippen molar-refractivity contribution in [3.63, 3.8) is 0 Å². The Morgan fingerprint density at radius 2 is 2.15 bits per heavy atom. The SMILES string of the molecule is Cc1cc(Br)c(F)c(CNO)c1C. The van der Waals surface area contributed by atoms with Gasteiger partial charge in [0, 0.05) is 12.1 Å². The summed E-state index contributed by atoms with van der Waals surface area (Å²) in [6.07, 6.45) is 0. The molecule has 0 radical (unpaired) electrons. The first-order valence-corrected chi connectivity index (χ1v) is 4.68. The van der Waals surface area contributed by atoms with Crippen LogP contribution in [0.1, 0.15) is 16.7 Å². The average Bonchev–Trinajstić information content (AvgIpc) is 2.09. The van der Waals surface area contributed by atoms with E-state index in [0.717, 1.165) is 11.1 Å². The molecule has 0 fully saturated rings. The molecule has 4 heteroatoms. The molecule has 2 nitrogen and oxygen atoms in total. The Labute approximate surface area is 84.9 Å². The van der Waals surface area contributed by atoms with Gasteiger partial charge in [-0.05, 0) is 47.0 Å². The van der Waals surface area contributed by atoms with Crippen LogP contribution >= 0.6 is 15.9 Å². The lowest BCUT2D eigenvalue weighted by molar-refractivity contribution is 0.159. The summed E-state index contributed by atoms with van der Waals surface area (Å²) in [6.45, 7) is 3.86. The number of hydrogen-bond donors (Lipinski definition) is 2. The fourth-order valence-corrected chi connectivity index (χ4v) is 1.78. The van der Waals surface area contributed by atoms with Crippen molar-refractivity contribution in [2.24, 2.45) is 0 Å². The molecule has 0 aliphatic heterocycles. The van der Waals surface area contributed by atoms with Crippen molar-refractivity contribution >= 4 is 15.9 Å². The Morgan fingerprint density at radius 3 is 2.69 bits per heavy atom. The lowest BCUT2D eigenvalue weighted by Crippen LogP contribution is -2.10. The van der Waals surface area contributed by atoms with Crippen LogP contribution in [0, 0.1) is 19.7 Å². The quantitative estimate of drug-likeness (QED) is 0.788. The smallest absolute Gasteiger partial charge is 0.142 e. The van der Waals surface area contributed by atoms with E-state index >= 15 is 0 Å². The zero-order valence-corrected chi connectivity index (χ0v) is 9.07. The zero-order valence-electron chi connectivity index (χ0n) is 7.49. The van der Waals surface area contributed by atoms with E-state index in [1.54, 1.807) is 6.07 Å². The fraction of sp³-hybridized carbons (Fsp3) is 0.333. The summed E-state index contributed by atoms with van der Waals surface area (Å²) in [5, 5.41) is 8.52. The minimum atomic E-state index is -0.315. The van der Waals surface area contributed by atoms with E-state index in [-0.39, 0.29) is 12.4 Å². The highest BCUT2D eigenvalue weighted by molar-refractivity contribution is 9.10. The molecule has 0 unspecified atom stereocenters. The number of hydrogen-bond acceptors (Lipinski definition) is 2. The van der Waals surface area contributed by atoms with Crippen LogP contribution < -0.4 is 5.48 Å². The topological polar surface area (TPSA) is 32.3 Å². The Bertz CT molecular complexity index is 302. The molecule has 0 amide bonds.